The molecule has 1 aliphatic rings. The average molecular weight is 241 g/mol. The number of aliphatic hydroxyl groups is 2. The maximum atomic E-state index is 9.42. The molecule has 2 unspecified atom stereocenters. The number of rotatable bonds is 2. The van der Waals surface area contributed by atoms with Crippen LogP contribution in [0.5, 0.6) is 0 Å². The smallest absolute Gasteiger partial charge is 0.230 e. The van der Waals surface area contributed by atoms with Crippen molar-refractivity contribution in [1.82, 2.24) is 15.1 Å². The van der Waals surface area contributed by atoms with Crippen molar-refractivity contribution in [2.24, 2.45) is 0 Å². The van der Waals surface area contributed by atoms with Gasteiger partial charge < -0.3 is 14.6 Å². The normalized spacial score (nSPS) is 26.6. The first-order chi connectivity index (χ1) is 7.86. The molecule has 0 bridgehead atoms. The maximum absolute atomic E-state index is 9.42. The molecule has 2 heterocycles. The van der Waals surface area contributed by atoms with Gasteiger partial charge >= 0.3 is 0 Å². The Morgan fingerprint density at radius 3 is 2.29 bits per heavy atom. The van der Waals surface area contributed by atoms with E-state index in [1.54, 1.807) is 0 Å². The minimum atomic E-state index is -0.681. The van der Waals surface area contributed by atoms with Gasteiger partial charge in [0.2, 0.25) is 11.8 Å². The Balaban J connectivity index is 1.98. The van der Waals surface area contributed by atoms with Crippen LogP contribution in [0.4, 0.5) is 0 Å². The van der Waals surface area contributed by atoms with Crippen LogP contribution in [-0.2, 0) is 12.0 Å². The van der Waals surface area contributed by atoms with E-state index in [2.05, 4.69) is 10.2 Å². The molecular weight excluding hydrogens is 222 g/mol. The summed E-state index contributed by atoms with van der Waals surface area (Å²) in [5.41, 5.74) is -0.157. The van der Waals surface area contributed by atoms with E-state index in [9.17, 15) is 10.2 Å². The molecule has 0 saturated carbocycles. The van der Waals surface area contributed by atoms with Crippen LogP contribution in [0.3, 0.4) is 0 Å². The lowest BCUT2D eigenvalue weighted by Gasteiger charge is -2.12. The number of hydrogen-bond donors (Lipinski definition) is 2. The summed E-state index contributed by atoms with van der Waals surface area (Å²) in [7, 11) is 0. The Bertz CT molecular complexity index is 376. The van der Waals surface area contributed by atoms with Crippen molar-refractivity contribution in [2.75, 3.05) is 13.1 Å². The zero-order valence-corrected chi connectivity index (χ0v) is 10.4. The molecule has 0 aromatic carbocycles. The van der Waals surface area contributed by atoms with Crippen LogP contribution in [0.1, 0.15) is 32.6 Å². The Kier molecular flexibility index (Phi) is 3.20. The van der Waals surface area contributed by atoms with Gasteiger partial charge in [0.05, 0.1) is 18.8 Å². The number of aliphatic hydroxyl groups excluding tert-OH is 2. The molecule has 1 fully saturated rings. The van der Waals surface area contributed by atoms with E-state index in [-0.39, 0.29) is 5.41 Å². The lowest BCUT2D eigenvalue weighted by Crippen LogP contribution is -2.22. The number of β-amino-alcohol motifs (C(OH)–C–C–N with tert-alkyl or cyclic N) is 2. The molecule has 6 heteroatoms. The van der Waals surface area contributed by atoms with Gasteiger partial charge in [-0.15, -0.1) is 10.2 Å². The number of nitrogens with zero attached hydrogens (tertiary/aromatic N) is 3. The average Bonchev–Trinajstić information content (AvgIpc) is 2.75. The first-order valence-corrected chi connectivity index (χ1v) is 5.77. The zero-order valence-electron chi connectivity index (χ0n) is 10.4. The molecular formula is C11H19N3O3. The van der Waals surface area contributed by atoms with Crippen molar-refractivity contribution in [3.8, 4) is 0 Å². The SMILES string of the molecule is CC(C)(C)c1nnc(CN2CC(O)C(O)C2)o1. The quantitative estimate of drug-likeness (QED) is 0.752. The topological polar surface area (TPSA) is 82.6 Å². The standard InChI is InChI=1S/C11H19N3O3/c1-11(2,3)10-13-12-9(17-10)6-14-4-7(15)8(16)5-14/h7-8,15-16H,4-6H2,1-3H3. The third kappa shape index (κ3) is 2.83. The van der Waals surface area contributed by atoms with E-state index in [0.717, 1.165) is 0 Å². The molecule has 1 aliphatic heterocycles. The van der Waals surface area contributed by atoms with Crippen molar-refractivity contribution in [1.29, 1.82) is 0 Å². The third-order valence-electron chi connectivity index (χ3n) is 2.80. The van der Waals surface area contributed by atoms with Gasteiger partial charge in [0, 0.05) is 18.5 Å². The van der Waals surface area contributed by atoms with E-state index in [1.165, 1.54) is 0 Å². The molecule has 17 heavy (non-hydrogen) atoms. The van der Waals surface area contributed by atoms with E-state index < -0.39 is 12.2 Å². The molecule has 1 aromatic heterocycles. The Hall–Kier alpha value is -0.980. The summed E-state index contributed by atoms with van der Waals surface area (Å²) >= 11 is 0. The fourth-order valence-corrected chi connectivity index (χ4v) is 1.79. The van der Waals surface area contributed by atoms with Crippen LogP contribution in [0.25, 0.3) is 0 Å². The minimum absolute atomic E-state index is 0.157. The second-order valence-electron chi connectivity index (χ2n) is 5.58. The molecule has 6 nitrogen and oxygen atoms in total. The van der Waals surface area contributed by atoms with Crippen LogP contribution >= 0.6 is 0 Å². The Labute approximate surface area is 100 Å². The fraction of sp³-hybridized carbons (Fsp3) is 0.818. The monoisotopic (exact) mass is 241 g/mol. The van der Waals surface area contributed by atoms with E-state index in [1.807, 2.05) is 25.7 Å². The third-order valence-corrected chi connectivity index (χ3v) is 2.80. The van der Waals surface area contributed by atoms with Gasteiger partial charge in [-0.05, 0) is 0 Å². The van der Waals surface area contributed by atoms with Crippen molar-refractivity contribution in [2.45, 2.75) is 44.9 Å². The van der Waals surface area contributed by atoms with Gasteiger partial charge in [-0.25, -0.2) is 0 Å². The summed E-state index contributed by atoms with van der Waals surface area (Å²) in [5.74, 6) is 1.13. The molecule has 2 N–H and O–H groups in total. The van der Waals surface area contributed by atoms with Crippen molar-refractivity contribution >= 4 is 0 Å². The van der Waals surface area contributed by atoms with E-state index >= 15 is 0 Å². The van der Waals surface area contributed by atoms with Crippen LogP contribution in [0.2, 0.25) is 0 Å². The van der Waals surface area contributed by atoms with Crippen molar-refractivity contribution < 1.29 is 14.6 Å². The predicted octanol–water partition coefficient (Wildman–Crippen LogP) is -0.0955. The lowest BCUT2D eigenvalue weighted by atomic mass is 9.97. The van der Waals surface area contributed by atoms with Crippen molar-refractivity contribution in [3.63, 3.8) is 0 Å². The highest BCUT2D eigenvalue weighted by Gasteiger charge is 2.30. The Morgan fingerprint density at radius 2 is 1.82 bits per heavy atom. The molecule has 0 aliphatic carbocycles. The molecule has 96 valence electrons. The number of likely N-dealkylation sites (tertiary alicyclic amines) is 1. The first kappa shape index (κ1) is 12.5. The van der Waals surface area contributed by atoms with Gasteiger partial charge in [-0.2, -0.15) is 0 Å². The molecule has 1 aromatic rings. The first-order valence-electron chi connectivity index (χ1n) is 5.77. The summed E-state index contributed by atoms with van der Waals surface area (Å²) < 4.78 is 5.55. The van der Waals surface area contributed by atoms with Crippen LogP contribution in [0, 0.1) is 0 Å². The van der Waals surface area contributed by atoms with Crippen molar-refractivity contribution in [3.05, 3.63) is 11.8 Å². The molecule has 2 atom stereocenters. The highest BCUT2D eigenvalue weighted by atomic mass is 16.4. The highest BCUT2D eigenvalue weighted by molar-refractivity contribution is 4.96. The number of hydrogen-bond acceptors (Lipinski definition) is 6. The van der Waals surface area contributed by atoms with Gasteiger partial charge in [0.15, 0.2) is 0 Å². The van der Waals surface area contributed by atoms with Gasteiger partial charge in [0.25, 0.3) is 0 Å². The van der Waals surface area contributed by atoms with E-state index in [0.29, 0.717) is 31.4 Å². The molecule has 1 saturated heterocycles. The lowest BCUT2D eigenvalue weighted by molar-refractivity contribution is 0.0572. The fourth-order valence-electron chi connectivity index (χ4n) is 1.79. The minimum Gasteiger partial charge on any atom is -0.423 e. The molecule has 2 rings (SSSR count). The van der Waals surface area contributed by atoms with Gasteiger partial charge in [0.1, 0.15) is 0 Å². The molecule has 0 radical (unpaired) electrons. The zero-order chi connectivity index (χ0) is 12.6. The van der Waals surface area contributed by atoms with Crippen LogP contribution in [0.15, 0.2) is 4.42 Å². The second kappa shape index (κ2) is 4.36. The maximum Gasteiger partial charge on any atom is 0.230 e. The van der Waals surface area contributed by atoms with Gasteiger partial charge in [-0.1, -0.05) is 20.8 Å². The summed E-state index contributed by atoms with van der Waals surface area (Å²) in [4.78, 5) is 1.90. The predicted molar refractivity (Wildman–Crippen MR) is 60.3 cm³/mol. The van der Waals surface area contributed by atoms with Gasteiger partial charge in [-0.3, -0.25) is 4.90 Å². The largest absolute Gasteiger partial charge is 0.423 e. The summed E-state index contributed by atoms with van der Waals surface area (Å²) in [6.07, 6.45) is -1.36. The van der Waals surface area contributed by atoms with Crippen LogP contribution in [-0.4, -0.2) is 50.6 Å². The summed E-state index contributed by atoms with van der Waals surface area (Å²) in [6, 6.07) is 0. The molecule has 0 amide bonds. The highest BCUT2D eigenvalue weighted by Crippen LogP contribution is 2.21. The second-order valence-corrected chi connectivity index (χ2v) is 5.58. The van der Waals surface area contributed by atoms with E-state index in [4.69, 9.17) is 4.42 Å². The summed E-state index contributed by atoms with van der Waals surface area (Å²) in [5, 5.41) is 26.8. The molecule has 0 spiro atoms. The Morgan fingerprint density at radius 1 is 1.24 bits per heavy atom. The number of aromatic nitrogens is 2. The summed E-state index contributed by atoms with van der Waals surface area (Å²) in [6.45, 7) is 7.37. The van der Waals surface area contributed by atoms with Crippen LogP contribution < -0.4 is 0 Å².